The minimum atomic E-state index is -0.436. The maximum absolute atomic E-state index is 12.2. The number of hydrogen-bond donors (Lipinski definition) is 1. The lowest BCUT2D eigenvalue weighted by atomic mass is 10.2. The number of carbonyl (C=O) groups is 1. The molecule has 1 aromatic heterocycles. The van der Waals surface area contributed by atoms with Crippen molar-refractivity contribution in [3.63, 3.8) is 0 Å². The summed E-state index contributed by atoms with van der Waals surface area (Å²) in [6.07, 6.45) is -0.00319. The monoisotopic (exact) mass is 353 g/mol. The van der Waals surface area contributed by atoms with Crippen LogP contribution in [-0.2, 0) is 4.79 Å². The van der Waals surface area contributed by atoms with E-state index in [0.717, 1.165) is 5.39 Å². The molecule has 2 aromatic carbocycles. The first kappa shape index (κ1) is 17.5. The number of nitrogens with one attached hydrogen (secondary N) is 1. The van der Waals surface area contributed by atoms with E-state index in [0.29, 0.717) is 22.8 Å². The molecule has 6 nitrogen and oxygen atoms in total. The Balaban J connectivity index is 1.65. The molecule has 1 N–H and O–H groups in total. The first-order valence-corrected chi connectivity index (χ1v) is 8.23. The molecule has 0 fully saturated rings. The van der Waals surface area contributed by atoms with Gasteiger partial charge in [0, 0.05) is 17.5 Å². The molecular formula is C20H19NO5. The van der Waals surface area contributed by atoms with Crippen LogP contribution in [0.2, 0.25) is 0 Å². The van der Waals surface area contributed by atoms with Crippen molar-refractivity contribution in [1.29, 1.82) is 0 Å². The molecule has 0 aliphatic carbocycles. The zero-order chi connectivity index (χ0) is 18.5. The van der Waals surface area contributed by atoms with E-state index in [4.69, 9.17) is 13.9 Å². The average molecular weight is 353 g/mol. The van der Waals surface area contributed by atoms with Crippen molar-refractivity contribution in [2.45, 2.75) is 20.0 Å². The fourth-order valence-corrected chi connectivity index (χ4v) is 2.39. The summed E-state index contributed by atoms with van der Waals surface area (Å²) in [5.41, 5.74) is 0.555. The largest absolute Gasteiger partial charge is 0.489 e. The third kappa shape index (κ3) is 4.42. The molecule has 0 aliphatic rings. The summed E-state index contributed by atoms with van der Waals surface area (Å²) in [7, 11) is 0. The lowest BCUT2D eigenvalue weighted by molar-refractivity contribution is -0.118. The summed E-state index contributed by atoms with van der Waals surface area (Å²) in [5, 5.41) is 3.55. The zero-order valence-corrected chi connectivity index (χ0v) is 14.5. The maximum Gasteiger partial charge on any atom is 0.336 e. The van der Waals surface area contributed by atoms with Crippen LogP contribution in [0.15, 0.2) is 63.8 Å². The Bertz CT molecular complexity index is 977. The number of carbonyl (C=O) groups excluding carboxylic acids is 1. The van der Waals surface area contributed by atoms with Crippen molar-refractivity contribution in [2.24, 2.45) is 0 Å². The number of benzene rings is 2. The summed E-state index contributed by atoms with van der Waals surface area (Å²) >= 11 is 0. The normalized spacial score (nSPS) is 10.7. The standard InChI is InChI=1S/C20H19NO5/c1-13(2)25-17-6-4-3-5-16(17)21-19(22)12-24-15-9-7-14-8-10-20(23)26-18(14)11-15/h3-11,13H,12H2,1-2H3,(H,21,22). The van der Waals surface area contributed by atoms with Crippen molar-refractivity contribution in [3.8, 4) is 11.5 Å². The highest BCUT2D eigenvalue weighted by molar-refractivity contribution is 5.93. The molecule has 1 amide bonds. The molecule has 0 aliphatic heterocycles. The fraction of sp³-hybridized carbons (Fsp3) is 0.200. The van der Waals surface area contributed by atoms with E-state index in [2.05, 4.69) is 5.32 Å². The van der Waals surface area contributed by atoms with E-state index in [1.807, 2.05) is 26.0 Å². The van der Waals surface area contributed by atoms with E-state index < -0.39 is 5.63 Å². The quantitative estimate of drug-likeness (QED) is 0.685. The predicted octanol–water partition coefficient (Wildman–Crippen LogP) is 3.60. The molecule has 134 valence electrons. The van der Waals surface area contributed by atoms with Gasteiger partial charge in [-0.2, -0.15) is 0 Å². The summed E-state index contributed by atoms with van der Waals surface area (Å²) in [6.45, 7) is 3.65. The Morgan fingerprint density at radius 2 is 1.88 bits per heavy atom. The van der Waals surface area contributed by atoms with Crippen molar-refractivity contribution in [3.05, 3.63) is 65.0 Å². The van der Waals surface area contributed by atoms with Gasteiger partial charge in [-0.25, -0.2) is 4.79 Å². The molecule has 0 saturated heterocycles. The predicted molar refractivity (Wildman–Crippen MR) is 98.8 cm³/mol. The molecule has 26 heavy (non-hydrogen) atoms. The molecule has 0 saturated carbocycles. The molecule has 3 rings (SSSR count). The second kappa shape index (κ2) is 7.74. The first-order valence-electron chi connectivity index (χ1n) is 8.23. The van der Waals surface area contributed by atoms with Gasteiger partial charge in [0.2, 0.25) is 0 Å². The minimum absolute atomic E-state index is 0.00319. The SMILES string of the molecule is CC(C)Oc1ccccc1NC(=O)COc1ccc2ccc(=O)oc2c1. The van der Waals surface area contributed by atoms with E-state index in [1.165, 1.54) is 6.07 Å². The van der Waals surface area contributed by atoms with E-state index in [-0.39, 0.29) is 18.6 Å². The van der Waals surface area contributed by atoms with Crippen LogP contribution >= 0.6 is 0 Å². The summed E-state index contributed by atoms with van der Waals surface area (Å²) in [6, 6.07) is 15.3. The average Bonchev–Trinajstić information content (AvgIpc) is 2.61. The second-order valence-corrected chi connectivity index (χ2v) is 5.95. The fourth-order valence-electron chi connectivity index (χ4n) is 2.39. The van der Waals surface area contributed by atoms with Gasteiger partial charge in [-0.15, -0.1) is 0 Å². The lowest BCUT2D eigenvalue weighted by Gasteiger charge is -2.15. The zero-order valence-electron chi connectivity index (χ0n) is 14.5. The van der Waals surface area contributed by atoms with Crippen LogP contribution in [0.1, 0.15) is 13.8 Å². The highest BCUT2D eigenvalue weighted by atomic mass is 16.5. The van der Waals surface area contributed by atoms with Crippen LogP contribution in [0.5, 0.6) is 11.5 Å². The van der Waals surface area contributed by atoms with Crippen LogP contribution in [0, 0.1) is 0 Å². The van der Waals surface area contributed by atoms with Gasteiger partial charge in [0.05, 0.1) is 11.8 Å². The van der Waals surface area contributed by atoms with Gasteiger partial charge in [0.15, 0.2) is 6.61 Å². The van der Waals surface area contributed by atoms with E-state index >= 15 is 0 Å². The topological polar surface area (TPSA) is 77.8 Å². The Kier molecular flexibility index (Phi) is 5.22. The minimum Gasteiger partial charge on any atom is -0.489 e. The van der Waals surface area contributed by atoms with Gasteiger partial charge in [-0.3, -0.25) is 4.79 Å². The van der Waals surface area contributed by atoms with Crippen LogP contribution in [0.3, 0.4) is 0 Å². The van der Waals surface area contributed by atoms with Crippen LogP contribution in [0.4, 0.5) is 5.69 Å². The maximum atomic E-state index is 12.2. The van der Waals surface area contributed by atoms with Gasteiger partial charge < -0.3 is 19.2 Å². The lowest BCUT2D eigenvalue weighted by Crippen LogP contribution is -2.21. The molecule has 0 unspecified atom stereocenters. The van der Waals surface area contributed by atoms with Gasteiger partial charge in [0.1, 0.15) is 17.1 Å². The second-order valence-electron chi connectivity index (χ2n) is 5.95. The summed E-state index contributed by atoms with van der Waals surface area (Å²) in [5.74, 6) is 0.719. The van der Waals surface area contributed by atoms with Crippen molar-refractivity contribution in [1.82, 2.24) is 0 Å². The first-order chi connectivity index (χ1) is 12.5. The van der Waals surface area contributed by atoms with Crippen molar-refractivity contribution < 1.29 is 18.7 Å². The third-order valence-electron chi connectivity index (χ3n) is 3.49. The van der Waals surface area contributed by atoms with E-state index in [9.17, 15) is 9.59 Å². The molecule has 0 spiro atoms. The number of rotatable bonds is 6. The molecule has 0 atom stereocenters. The highest BCUT2D eigenvalue weighted by Gasteiger charge is 2.10. The summed E-state index contributed by atoms with van der Waals surface area (Å²) in [4.78, 5) is 23.5. The van der Waals surface area contributed by atoms with Crippen molar-refractivity contribution in [2.75, 3.05) is 11.9 Å². The number of amides is 1. The molecule has 6 heteroatoms. The number of ether oxygens (including phenoxy) is 2. The summed E-state index contributed by atoms with van der Waals surface area (Å²) < 4.78 is 16.3. The Hall–Kier alpha value is -3.28. The van der Waals surface area contributed by atoms with Crippen LogP contribution in [0.25, 0.3) is 11.0 Å². The third-order valence-corrected chi connectivity index (χ3v) is 3.49. The molecule has 1 heterocycles. The Morgan fingerprint density at radius 1 is 1.12 bits per heavy atom. The Labute approximate surface area is 150 Å². The number of anilines is 1. The molecular weight excluding hydrogens is 334 g/mol. The van der Waals surface area contributed by atoms with Crippen molar-refractivity contribution >= 4 is 22.6 Å². The molecule has 0 bridgehead atoms. The van der Waals surface area contributed by atoms with Gasteiger partial charge >= 0.3 is 5.63 Å². The van der Waals surface area contributed by atoms with E-state index in [1.54, 1.807) is 36.4 Å². The van der Waals surface area contributed by atoms with Gasteiger partial charge in [0.25, 0.3) is 5.91 Å². The number of hydrogen-bond acceptors (Lipinski definition) is 5. The Morgan fingerprint density at radius 3 is 2.69 bits per heavy atom. The van der Waals surface area contributed by atoms with Crippen LogP contribution in [-0.4, -0.2) is 18.6 Å². The molecule has 3 aromatic rings. The van der Waals surface area contributed by atoms with Crippen LogP contribution < -0.4 is 20.4 Å². The highest BCUT2D eigenvalue weighted by Crippen LogP contribution is 2.25. The van der Waals surface area contributed by atoms with Gasteiger partial charge in [-0.05, 0) is 44.2 Å². The number of para-hydroxylation sites is 2. The molecule has 0 radical (unpaired) electrons. The number of fused-ring (bicyclic) bond motifs is 1. The smallest absolute Gasteiger partial charge is 0.336 e. The van der Waals surface area contributed by atoms with Gasteiger partial charge in [-0.1, -0.05) is 12.1 Å².